The summed E-state index contributed by atoms with van der Waals surface area (Å²) in [5, 5.41) is 11.0. The van der Waals surface area contributed by atoms with Gasteiger partial charge in [-0.3, -0.25) is 10.1 Å². The minimum Gasteiger partial charge on any atom is -0.258 e. The van der Waals surface area contributed by atoms with Gasteiger partial charge in [0.25, 0.3) is 5.69 Å². The van der Waals surface area contributed by atoms with E-state index in [9.17, 15) is 18.5 Å². The highest BCUT2D eigenvalue weighted by molar-refractivity contribution is 7.89. The SMILES string of the molecule is C=CC(c1ccccc1)C(NS(=O)(=O)c1ccccc1)c1ccc([N+](=O)[O-])cc1. The lowest BCUT2D eigenvalue weighted by Crippen LogP contribution is -2.32. The van der Waals surface area contributed by atoms with Crippen molar-refractivity contribution in [3.8, 4) is 0 Å². The Morgan fingerprint density at radius 1 is 0.862 bits per heavy atom. The minimum atomic E-state index is -3.83. The van der Waals surface area contributed by atoms with E-state index in [0.717, 1.165) is 5.56 Å². The number of sulfonamides is 1. The van der Waals surface area contributed by atoms with E-state index in [1.165, 1.54) is 24.3 Å². The van der Waals surface area contributed by atoms with Crippen LogP contribution in [-0.2, 0) is 10.0 Å². The molecule has 0 radical (unpaired) electrons. The maximum Gasteiger partial charge on any atom is 0.269 e. The standard InChI is InChI=1S/C22H20N2O4S/c1-2-21(17-9-5-3-6-10-17)22(18-13-15-19(16-14-18)24(25)26)23-29(27,28)20-11-7-4-8-12-20/h2-16,21-23H,1H2. The number of nitrogens with one attached hydrogen (secondary N) is 1. The molecule has 0 spiro atoms. The van der Waals surface area contributed by atoms with E-state index in [2.05, 4.69) is 11.3 Å². The van der Waals surface area contributed by atoms with E-state index in [-0.39, 0.29) is 16.5 Å². The molecule has 3 aromatic rings. The molecule has 0 aromatic heterocycles. The first kappa shape index (κ1) is 20.4. The van der Waals surface area contributed by atoms with Crippen LogP contribution in [-0.4, -0.2) is 13.3 Å². The monoisotopic (exact) mass is 408 g/mol. The van der Waals surface area contributed by atoms with Gasteiger partial charge in [-0.05, 0) is 23.3 Å². The molecule has 0 aliphatic heterocycles. The fraction of sp³-hybridized carbons (Fsp3) is 0.0909. The molecule has 3 rings (SSSR count). The highest BCUT2D eigenvalue weighted by atomic mass is 32.2. The molecular weight excluding hydrogens is 388 g/mol. The lowest BCUT2D eigenvalue weighted by atomic mass is 9.87. The Balaban J connectivity index is 2.06. The molecule has 0 aliphatic carbocycles. The lowest BCUT2D eigenvalue weighted by Gasteiger charge is -2.26. The number of benzene rings is 3. The molecule has 0 amide bonds. The molecule has 7 heteroatoms. The predicted octanol–water partition coefficient (Wildman–Crippen LogP) is 4.58. The van der Waals surface area contributed by atoms with Gasteiger partial charge in [-0.2, -0.15) is 0 Å². The van der Waals surface area contributed by atoms with Crippen molar-refractivity contribution < 1.29 is 13.3 Å². The van der Waals surface area contributed by atoms with Gasteiger partial charge in [0.05, 0.1) is 15.9 Å². The molecule has 148 valence electrons. The van der Waals surface area contributed by atoms with E-state index in [1.54, 1.807) is 36.4 Å². The molecule has 0 heterocycles. The minimum absolute atomic E-state index is 0.0618. The quantitative estimate of drug-likeness (QED) is 0.335. The van der Waals surface area contributed by atoms with Crippen molar-refractivity contribution in [1.29, 1.82) is 0 Å². The van der Waals surface area contributed by atoms with Crippen LogP contribution >= 0.6 is 0 Å². The molecule has 1 N–H and O–H groups in total. The predicted molar refractivity (Wildman–Crippen MR) is 112 cm³/mol. The maximum absolute atomic E-state index is 13.0. The largest absolute Gasteiger partial charge is 0.269 e. The third-order valence-corrected chi connectivity index (χ3v) is 6.05. The van der Waals surface area contributed by atoms with Crippen molar-refractivity contribution in [2.45, 2.75) is 16.9 Å². The number of rotatable bonds is 8. The summed E-state index contributed by atoms with van der Waals surface area (Å²) in [6, 6.07) is 22.6. The maximum atomic E-state index is 13.0. The Morgan fingerprint density at radius 2 is 1.41 bits per heavy atom. The zero-order chi connectivity index (χ0) is 20.9. The highest BCUT2D eigenvalue weighted by Gasteiger charge is 2.28. The number of nitro benzene ring substituents is 1. The van der Waals surface area contributed by atoms with Crippen molar-refractivity contribution in [3.05, 3.63) is 119 Å². The fourth-order valence-corrected chi connectivity index (χ4v) is 4.40. The smallest absolute Gasteiger partial charge is 0.258 e. The molecule has 3 aromatic carbocycles. The van der Waals surface area contributed by atoms with E-state index in [0.29, 0.717) is 5.56 Å². The van der Waals surface area contributed by atoms with Crippen molar-refractivity contribution in [3.63, 3.8) is 0 Å². The molecule has 0 aliphatic rings. The van der Waals surface area contributed by atoms with Gasteiger partial charge >= 0.3 is 0 Å². The van der Waals surface area contributed by atoms with Gasteiger partial charge in [-0.1, -0.05) is 66.7 Å². The number of hydrogen-bond donors (Lipinski definition) is 1. The normalized spacial score (nSPS) is 13.4. The Morgan fingerprint density at radius 3 is 1.93 bits per heavy atom. The van der Waals surface area contributed by atoms with Gasteiger partial charge in [0.2, 0.25) is 10.0 Å². The molecule has 0 saturated carbocycles. The number of non-ortho nitro benzene ring substituents is 1. The fourth-order valence-electron chi connectivity index (χ4n) is 3.13. The lowest BCUT2D eigenvalue weighted by molar-refractivity contribution is -0.384. The van der Waals surface area contributed by atoms with Crippen molar-refractivity contribution in [1.82, 2.24) is 4.72 Å². The van der Waals surface area contributed by atoms with Gasteiger partial charge < -0.3 is 0 Å². The van der Waals surface area contributed by atoms with Crippen LogP contribution in [0.15, 0.2) is 102 Å². The average molecular weight is 408 g/mol. The summed E-state index contributed by atoms with van der Waals surface area (Å²) in [5.41, 5.74) is 1.42. The summed E-state index contributed by atoms with van der Waals surface area (Å²) in [6.45, 7) is 3.89. The van der Waals surface area contributed by atoms with Crippen LogP contribution in [0.25, 0.3) is 0 Å². The summed E-state index contributed by atoms with van der Waals surface area (Å²) < 4.78 is 28.7. The zero-order valence-electron chi connectivity index (χ0n) is 15.5. The Labute approximate surface area is 169 Å². The van der Waals surface area contributed by atoms with Gasteiger partial charge in [-0.15, -0.1) is 6.58 Å². The van der Waals surface area contributed by atoms with Gasteiger partial charge in [-0.25, -0.2) is 13.1 Å². The third-order valence-electron chi connectivity index (χ3n) is 4.60. The summed E-state index contributed by atoms with van der Waals surface area (Å²) in [6.07, 6.45) is 1.68. The molecule has 0 bridgehead atoms. The van der Waals surface area contributed by atoms with Crippen molar-refractivity contribution >= 4 is 15.7 Å². The Bertz CT molecular complexity index is 1080. The van der Waals surface area contributed by atoms with Crippen LogP contribution in [0.3, 0.4) is 0 Å². The van der Waals surface area contributed by atoms with Crippen LogP contribution in [0, 0.1) is 10.1 Å². The zero-order valence-corrected chi connectivity index (χ0v) is 16.3. The molecule has 6 nitrogen and oxygen atoms in total. The first-order valence-electron chi connectivity index (χ1n) is 8.91. The molecule has 0 fully saturated rings. The van der Waals surface area contributed by atoms with E-state index >= 15 is 0 Å². The van der Waals surface area contributed by atoms with Gasteiger partial charge in [0, 0.05) is 18.1 Å². The molecule has 0 saturated heterocycles. The number of hydrogen-bond acceptors (Lipinski definition) is 4. The highest BCUT2D eigenvalue weighted by Crippen LogP contribution is 2.34. The summed E-state index contributed by atoms with van der Waals surface area (Å²) in [5.74, 6) is -0.379. The first-order valence-corrected chi connectivity index (χ1v) is 10.4. The average Bonchev–Trinajstić information content (AvgIpc) is 2.75. The summed E-state index contributed by atoms with van der Waals surface area (Å²) in [4.78, 5) is 10.6. The topological polar surface area (TPSA) is 89.3 Å². The van der Waals surface area contributed by atoms with E-state index in [1.807, 2.05) is 30.3 Å². The van der Waals surface area contributed by atoms with Crippen LogP contribution < -0.4 is 4.72 Å². The number of nitrogens with zero attached hydrogens (tertiary/aromatic N) is 1. The van der Waals surface area contributed by atoms with Crippen molar-refractivity contribution in [2.75, 3.05) is 0 Å². The van der Waals surface area contributed by atoms with Crippen LogP contribution in [0.5, 0.6) is 0 Å². The summed E-state index contributed by atoms with van der Waals surface area (Å²) in [7, 11) is -3.83. The van der Waals surface area contributed by atoms with Crippen molar-refractivity contribution in [2.24, 2.45) is 0 Å². The molecule has 2 unspecified atom stereocenters. The second kappa shape index (κ2) is 8.81. The Hall–Kier alpha value is -3.29. The Kier molecular flexibility index (Phi) is 6.21. The molecular formula is C22H20N2O4S. The van der Waals surface area contributed by atoms with Crippen LogP contribution in [0.1, 0.15) is 23.1 Å². The third kappa shape index (κ3) is 4.77. The molecule has 29 heavy (non-hydrogen) atoms. The first-order chi connectivity index (χ1) is 13.9. The second-order valence-corrected chi connectivity index (χ2v) is 8.15. The van der Waals surface area contributed by atoms with Crippen LogP contribution in [0.2, 0.25) is 0 Å². The second-order valence-electron chi connectivity index (χ2n) is 6.43. The van der Waals surface area contributed by atoms with Gasteiger partial charge in [0.15, 0.2) is 0 Å². The van der Waals surface area contributed by atoms with Crippen LogP contribution in [0.4, 0.5) is 5.69 Å². The summed E-state index contributed by atoms with van der Waals surface area (Å²) >= 11 is 0. The van der Waals surface area contributed by atoms with E-state index < -0.39 is 21.0 Å². The van der Waals surface area contributed by atoms with E-state index in [4.69, 9.17) is 0 Å². The number of nitro groups is 1. The van der Waals surface area contributed by atoms with Gasteiger partial charge in [0.1, 0.15) is 0 Å². The molecule has 2 atom stereocenters.